The van der Waals surface area contributed by atoms with Gasteiger partial charge in [-0.2, -0.15) is 0 Å². The molecule has 0 saturated heterocycles. The highest BCUT2D eigenvalue weighted by Gasteiger charge is 2.03. The van der Waals surface area contributed by atoms with Gasteiger partial charge in [-0.05, 0) is 18.1 Å². The highest BCUT2D eigenvalue weighted by molar-refractivity contribution is 5.35. The Morgan fingerprint density at radius 1 is 1.69 bits per heavy atom. The van der Waals surface area contributed by atoms with Gasteiger partial charge in [0.15, 0.2) is 11.6 Å². The molecule has 4 heteroatoms. The number of hydrogen-bond donors (Lipinski definition) is 2. The molecule has 2 N–H and O–H groups in total. The third-order valence-corrected chi connectivity index (χ3v) is 1.69. The van der Waals surface area contributed by atoms with Gasteiger partial charge in [0.05, 0.1) is 0 Å². The topological polar surface area (TPSA) is 45.1 Å². The van der Waals surface area contributed by atoms with Gasteiger partial charge in [-0.15, -0.1) is 0 Å². The number of nitrogens with zero attached hydrogens (tertiary/aromatic N) is 1. The van der Waals surface area contributed by atoms with E-state index in [1.807, 2.05) is 6.92 Å². The summed E-state index contributed by atoms with van der Waals surface area (Å²) in [7, 11) is 0. The molecule has 0 aliphatic carbocycles. The number of aliphatic hydroxyl groups is 1. The first-order valence-electron chi connectivity index (χ1n) is 4.19. The molecule has 0 aliphatic rings. The number of halogens is 1. The number of rotatable bonds is 4. The standard InChI is InChI=1S/C9H13FN2O/c1-7(6-13)5-12-9-8(10)3-2-4-11-9/h2-4,7,13H,5-6H2,1H3,(H,11,12). The molecule has 0 amide bonds. The predicted octanol–water partition coefficient (Wildman–Crippen LogP) is 1.26. The van der Waals surface area contributed by atoms with Gasteiger partial charge in [0.2, 0.25) is 0 Å². The quantitative estimate of drug-likeness (QED) is 0.740. The molecule has 1 rings (SSSR count). The maximum absolute atomic E-state index is 13.0. The molecule has 0 aromatic carbocycles. The summed E-state index contributed by atoms with van der Waals surface area (Å²) in [6.07, 6.45) is 1.52. The van der Waals surface area contributed by atoms with Crippen molar-refractivity contribution in [1.29, 1.82) is 0 Å². The van der Waals surface area contributed by atoms with E-state index in [1.54, 1.807) is 0 Å². The molecule has 0 fully saturated rings. The fourth-order valence-corrected chi connectivity index (χ4v) is 0.851. The second-order valence-corrected chi connectivity index (χ2v) is 3.00. The van der Waals surface area contributed by atoms with E-state index >= 15 is 0 Å². The van der Waals surface area contributed by atoms with Crippen LogP contribution in [-0.2, 0) is 0 Å². The highest BCUT2D eigenvalue weighted by atomic mass is 19.1. The summed E-state index contributed by atoms with van der Waals surface area (Å²) < 4.78 is 13.0. The zero-order valence-electron chi connectivity index (χ0n) is 7.50. The third-order valence-electron chi connectivity index (χ3n) is 1.69. The van der Waals surface area contributed by atoms with E-state index in [9.17, 15) is 4.39 Å². The summed E-state index contributed by atoms with van der Waals surface area (Å²) in [6, 6.07) is 2.88. The van der Waals surface area contributed by atoms with Gasteiger partial charge in [-0.25, -0.2) is 9.37 Å². The first-order valence-corrected chi connectivity index (χ1v) is 4.19. The van der Waals surface area contributed by atoms with E-state index in [0.29, 0.717) is 6.54 Å². The van der Waals surface area contributed by atoms with Crippen LogP contribution in [0.15, 0.2) is 18.3 Å². The van der Waals surface area contributed by atoms with Crippen LogP contribution in [-0.4, -0.2) is 23.2 Å². The van der Waals surface area contributed by atoms with Crippen molar-refractivity contribution in [3.8, 4) is 0 Å². The average Bonchev–Trinajstić information content (AvgIpc) is 2.16. The Kier molecular flexibility index (Phi) is 3.64. The van der Waals surface area contributed by atoms with Crippen LogP contribution >= 0.6 is 0 Å². The van der Waals surface area contributed by atoms with Crippen molar-refractivity contribution in [1.82, 2.24) is 4.98 Å². The smallest absolute Gasteiger partial charge is 0.165 e. The van der Waals surface area contributed by atoms with Crippen molar-refractivity contribution in [3.05, 3.63) is 24.1 Å². The molecule has 3 nitrogen and oxygen atoms in total. The van der Waals surface area contributed by atoms with Crippen molar-refractivity contribution in [3.63, 3.8) is 0 Å². The van der Waals surface area contributed by atoms with Crippen molar-refractivity contribution < 1.29 is 9.50 Å². The van der Waals surface area contributed by atoms with Crippen LogP contribution < -0.4 is 5.32 Å². The van der Waals surface area contributed by atoms with Gasteiger partial charge in [0.1, 0.15) is 0 Å². The van der Waals surface area contributed by atoms with Gasteiger partial charge in [0, 0.05) is 19.3 Å². The molecule has 0 radical (unpaired) electrons. The lowest BCUT2D eigenvalue weighted by atomic mass is 10.2. The number of nitrogens with one attached hydrogen (secondary N) is 1. The number of anilines is 1. The van der Waals surface area contributed by atoms with Gasteiger partial charge in [-0.3, -0.25) is 0 Å². The van der Waals surface area contributed by atoms with Gasteiger partial charge < -0.3 is 10.4 Å². The first kappa shape index (κ1) is 9.92. The molecule has 1 unspecified atom stereocenters. The monoisotopic (exact) mass is 184 g/mol. The Morgan fingerprint density at radius 3 is 3.08 bits per heavy atom. The lowest BCUT2D eigenvalue weighted by molar-refractivity contribution is 0.244. The van der Waals surface area contributed by atoms with Gasteiger partial charge >= 0.3 is 0 Å². The van der Waals surface area contributed by atoms with Crippen LogP contribution in [0.5, 0.6) is 0 Å². The van der Waals surface area contributed by atoms with Crippen LogP contribution in [0.3, 0.4) is 0 Å². The highest BCUT2D eigenvalue weighted by Crippen LogP contribution is 2.08. The Morgan fingerprint density at radius 2 is 2.46 bits per heavy atom. The van der Waals surface area contributed by atoms with Crippen LogP contribution in [0.1, 0.15) is 6.92 Å². The van der Waals surface area contributed by atoms with E-state index < -0.39 is 0 Å². The minimum atomic E-state index is -0.368. The Labute approximate surface area is 76.6 Å². The van der Waals surface area contributed by atoms with Crippen molar-refractivity contribution in [2.24, 2.45) is 5.92 Å². The minimum Gasteiger partial charge on any atom is -0.396 e. The largest absolute Gasteiger partial charge is 0.396 e. The van der Waals surface area contributed by atoms with E-state index in [-0.39, 0.29) is 24.2 Å². The third kappa shape index (κ3) is 2.99. The summed E-state index contributed by atoms with van der Waals surface area (Å²) in [6.45, 7) is 2.47. The molecular weight excluding hydrogens is 171 g/mol. The van der Waals surface area contributed by atoms with Crippen molar-refractivity contribution in [2.45, 2.75) is 6.92 Å². The molecule has 0 spiro atoms. The molecule has 0 saturated carbocycles. The van der Waals surface area contributed by atoms with Gasteiger partial charge in [-0.1, -0.05) is 6.92 Å². The Bertz CT molecular complexity index is 268. The van der Waals surface area contributed by atoms with E-state index in [4.69, 9.17) is 5.11 Å². The molecular formula is C9H13FN2O. The van der Waals surface area contributed by atoms with E-state index in [2.05, 4.69) is 10.3 Å². The Hall–Kier alpha value is -1.16. The maximum Gasteiger partial charge on any atom is 0.165 e. The Balaban J connectivity index is 2.50. The zero-order valence-corrected chi connectivity index (χ0v) is 7.50. The zero-order chi connectivity index (χ0) is 9.68. The lowest BCUT2D eigenvalue weighted by Gasteiger charge is -2.09. The molecule has 1 heterocycles. The number of aromatic nitrogens is 1. The molecule has 1 aromatic rings. The van der Waals surface area contributed by atoms with Crippen LogP contribution in [0.25, 0.3) is 0 Å². The molecule has 1 aromatic heterocycles. The maximum atomic E-state index is 13.0. The molecule has 0 bridgehead atoms. The van der Waals surface area contributed by atoms with E-state index in [0.717, 1.165) is 0 Å². The summed E-state index contributed by atoms with van der Waals surface area (Å²) in [5, 5.41) is 11.5. The fourth-order valence-electron chi connectivity index (χ4n) is 0.851. The number of pyridine rings is 1. The molecule has 0 aliphatic heterocycles. The normalized spacial score (nSPS) is 12.5. The van der Waals surface area contributed by atoms with Crippen LogP contribution in [0.2, 0.25) is 0 Å². The van der Waals surface area contributed by atoms with Crippen LogP contribution in [0.4, 0.5) is 10.2 Å². The number of aliphatic hydroxyl groups excluding tert-OH is 1. The fraction of sp³-hybridized carbons (Fsp3) is 0.444. The van der Waals surface area contributed by atoms with Crippen LogP contribution in [0, 0.1) is 11.7 Å². The second-order valence-electron chi connectivity index (χ2n) is 3.00. The van der Waals surface area contributed by atoms with Crippen molar-refractivity contribution in [2.75, 3.05) is 18.5 Å². The summed E-state index contributed by atoms with van der Waals surface area (Å²) in [5.74, 6) is -0.0307. The summed E-state index contributed by atoms with van der Waals surface area (Å²) in [5.41, 5.74) is 0. The summed E-state index contributed by atoms with van der Waals surface area (Å²) >= 11 is 0. The number of hydrogen-bond acceptors (Lipinski definition) is 3. The SMILES string of the molecule is CC(CO)CNc1ncccc1F. The molecule has 72 valence electrons. The minimum absolute atomic E-state index is 0.0848. The summed E-state index contributed by atoms with van der Waals surface area (Å²) in [4.78, 5) is 3.82. The first-order chi connectivity index (χ1) is 6.24. The predicted molar refractivity (Wildman–Crippen MR) is 48.9 cm³/mol. The second kappa shape index (κ2) is 4.77. The average molecular weight is 184 g/mol. The van der Waals surface area contributed by atoms with E-state index in [1.165, 1.54) is 18.3 Å². The van der Waals surface area contributed by atoms with Gasteiger partial charge in [0.25, 0.3) is 0 Å². The molecule has 13 heavy (non-hydrogen) atoms. The molecule has 1 atom stereocenters. The van der Waals surface area contributed by atoms with Crippen molar-refractivity contribution >= 4 is 5.82 Å². The lowest BCUT2D eigenvalue weighted by Crippen LogP contribution is -2.15.